The van der Waals surface area contributed by atoms with Crippen molar-refractivity contribution in [3.05, 3.63) is 57.0 Å². The number of rotatable bonds is 4. The molecule has 0 spiro atoms. The molecule has 0 amide bonds. The Kier molecular flexibility index (Phi) is 4.43. The molecule has 1 heterocycles. The molecule has 0 aliphatic heterocycles. The summed E-state index contributed by atoms with van der Waals surface area (Å²) in [6.07, 6.45) is 0.719. The Morgan fingerprint density at radius 3 is 2.74 bits per heavy atom. The van der Waals surface area contributed by atoms with Crippen molar-refractivity contribution in [1.82, 2.24) is 9.97 Å². The molecule has 0 aliphatic rings. The first-order valence-corrected chi connectivity index (χ1v) is 7.37. The van der Waals surface area contributed by atoms with Gasteiger partial charge in [-0.15, -0.1) is 0 Å². The molecule has 2 rings (SSSR count). The predicted octanol–water partition coefficient (Wildman–Crippen LogP) is 3.24. The number of thioether (sulfide) groups is 1. The van der Waals surface area contributed by atoms with E-state index in [0.29, 0.717) is 5.16 Å². The Morgan fingerprint density at radius 1 is 1.32 bits per heavy atom. The highest BCUT2D eigenvalue weighted by molar-refractivity contribution is 7.98. The summed E-state index contributed by atoms with van der Waals surface area (Å²) in [7, 11) is 0. The van der Waals surface area contributed by atoms with Crippen molar-refractivity contribution in [1.29, 1.82) is 0 Å². The van der Waals surface area contributed by atoms with E-state index < -0.39 is 0 Å². The Hall–Kier alpha value is -1.55. The van der Waals surface area contributed by atoms with Crippen LogP contribution in [0, 0.1) is 13.8 Å². The van der Waals surface area contributed by atoms with Crippen LogP contribution < -0.4 is 5.56 Å². The average molecular weight is 274 g/mol. The first kappa shape index (κ1) is 13.9. The second-order valence-electron chi connectivity index (χ2n) is 4.57. The molecule has 3 nitrogen and oxygen atoms in total. The summed E-state index contributed by atoms with van der Waals surface area (Å²) < 4.78 is 0. The third-order valence-corrected chi connectivity index (χ3v) is 3.96. The number of aromatic nitrogens is 2. The normalized spacial score (nSPS) is 10.7. The maximum Gasteiger partial charge on any atom is 0.254 e. The van der Waals surface area contributed by atoms with Crippen LogP contribution in [0.15, 0.2) is 34.2 Å². The van der Waals surface area contributed by atoms with Gasteiger partial charge >= 0.3 is 0 Å². The molecule has 0 aliphatic carbocycles. The van der Waals surface area contributed by atoms with Crippen LogP contribution in [0.2, 0.25) is 0 Å². The summed E-state index contributed by atoms with van der Waals surface area (Å²) in [4.78, 5) is 19.1. The third kappa shape index (κ3) is 3.47. The fraction of sp³-hybridized carbons (Fsp3) is 0.333. The van der Waals surface area contributed by atoms with Gasteiger partial charge in [-0.25, -0.2) is 4.98 Å². The van der Waals surface area contributed by atoms with Crippen LogP contribution in [0.3, 0.4) is 0 Å². The molecule has 0 saturated heterocycles. The average Bonchev–Trinajstić information content (AvgIpc) is 2.36. The van der Waals surface area contributed by atoms with Crippen LogP contribution in [0.25, 0.3) is 0 Å². The lowest BCUT2D eigenvalue weighted by atomic mass is 10.2. The topological polar surface area (TPSA) is 45.8 Å². The Morgan fingerprint density at radius 2 is 2.11 bits per heavy atom. The molecule has 1 aromatic heterocycles. The number of aromatic amines is 1. The highest BCUT2D eigenvalue weighted by Gasteiger charge is 2.06. The SMILES string of the molecule is CCc1c(C)nc(SCc2cccc(C)c2)[nH]c1=O. The van der Waals surface area contributed by atoms with E-state index in [1.807, 2.05) is 19.9 Å². The molecule has 0 unspecified atom stereocenters. The zero-order chi connectivity index (χ0) is 13.8. The first-order chi connectivity index (χ1) is 9.10. The number of nitrogens with one attached hydrogen (secondary N) is 1. The third-order valence-electron chi connectivity index (χ3n) is 3.01. The number of nitrogens with zero attached hydrogens (tertiary/aromatic N) is 1. The van der Waals surface area contributed by atoms with Gasteiger partial charge in [-0.05, 0) is 25.8 Å². The van der Waals surface area contributed by atoms with Crippen molar-refractivity contribution >= 4 is 11.8 Å². The number of hydrogen-bond acceptors (Lipinski definition) is 3. The van der Waals surface area contributed by atoms with Crippen molar-refractivity contribution in [2.24, 2.45) is 0 Å². The van der Waals surface area contributed by atoms with Gasteiger partial charge < -0.3 is 4.98 Å². The van der Waals surface area contributed by atoms with Gasteiger partial charge in [0, 0.05) is 17.0 Å². The van der Waals surface area contributed by atoms with E-state index in [4.69, 9.17) is 0 Å². The lowest BCUT2D eigenvalue weighted by Crippen LogP contribution is -2.16. The van der Waals surface area contributed by atoms with Crippen molar-refractivity contribution in [2.45, 2.75) is 38.1 Å². The smallest absolute Gasteiger partial charge is 0.254 e. The maximum atomic E-state index is 11.8. The second-order valence-corrected chi connectivity index (χ2v) is 5.53. The number of benzene rings is 1. The molecular weight excluding hydrogens is 256 g/mol. The molecule has 2 aromatic rings. The van der Waals surface area contributed by atoms with E-state index in [2.05, 4.69) is 35.1 Å². The predicted molar refractivity (Wildman–Crippen MR) is 79.7 cm³/mol. The van der Waals surface area contributed by atoms with Crippen LogP contribution in [0.5, 0.6) is 0 Å². The summed E-state index contributed by atoms with van der Waals surface area (Å²) in [6.45, 7) is 5.94. The fourth-order valence-electron chi connectivity index (χ4n) is 2.02. The fourth-order valence-corrected chi connectivity index (χ4v) is 2.87. The van der Waals surface area contributed by atoms with E-state index in [1.165, 1.54) is 11.1 Å². The van der Waals surface area contributed by atoms with E-state index in [9.17, 15) is 4.79 Å². The number of aryl methyl sites for hydroxylation is 2. The molecule has 0 bridgehead atoms. The van der Waals surface area contributed by atoms with Crippen LogP contribution in [-0.4, -0.2) is 9.97 Å². The van der Waals surface area contributed by atoms with E-state index >= 15 is 0 Å². The lowest BCUT2D eigenvalue weighted by molar-refractivity contribution is 0.858. The zero-order valence-corrected chi connectivity index (χ0v) is 12.3. The first-order valence-electron chi connectivity index (χ1n) is 6.38. The summed E-state index contributed by atoms with van der Waals surface area (Å²) in [6, 6.07) is 8.37. The minimum atomic E-state index is -0.0123. The monoisotopic (exact) mass is 274 g/mol. The van der Waals surface area contributed by atoms with E-state index in [-0.39, 0.29) is 5.56 Å². The zero-order valence-electron chi connectivity index (χ0n) is 11.5. The lowest BCUT2D eigenvalue weighted by Gasteiger charge is -2.06. The number of hydrogen-bond donors (Lipinski definition) is 1. The van der Waals surface area contributed by atoms with E-state index in [0.717, 1.165) is 23.4 Å². The molecule has 0 atom stereocenters. The summed E-state index contributed by atoms with van der Waals surface area (Å²) >= 11 is 1.56. The molecular formula is C15H18N2OS. The highest BCUT2D eigenvalue weighted by atomic mass is 32.2. The Balaban J connectivity index is 2.14. The van der Waals surface area contributed by atoms with Gasteiger partial charge in [0.1, 0.15) is 0 Å². The molecule has 1 N–H and O–H groups in total. The molecule has 1 aromatic carbocycles. The summed E-state index contributed by atoms with van der Waals surface area (Å²) in [5.74, 6) is 0.815. The quantitative estimate of drug-likeness (QED) is 0.687. The van der Waals surface area contributed by atoms with Crippen LogP contribution >= 0.6 is 11.8 Å². The van der Waals surface area contributed by atoms with Crippen molar-refractivity contribution < 1.29 is 0 Å². The molecule has 0 fully saturated rings. The van der Waals surface area contributed by atoms with Crippen molar-refractivity contribution in [3.8, 4) is 0 Å². The van der Waals surface area contributed by atoms with Gasteiger partial charge in [0.15, 0.2) is 5.16 Å². The van der Waals surface area contributed by atoms with Crippen LogP contribution in [0.1, 0.15) is 29.3 Å². The van der Waals surface area contributed by atoms with Gasteiger partial charge in [0.25, 0.3) is 5.56 Å². The van der Waals surface area contributed by atoms with Crippen LogP contribution in [-0.2, 0) is 12.2 Å². The summed E-state index contributed by atoms with van der Waals surface area (Å²) in [5, 5.41) is 0.696. The van der Waals surface area contributed by atoms with Gasteiger partial charge in [-0.3, -0.25) is 4.79 Å². The van der Waals surface area contributed by atoms with Gasteiger partial charge in [0.2, 0.25) is 0 Å². The van der Waals surface area contributed by atoms with Gasteiger partial charge in [-0.1, -0.05) is 48.5 Å². The minimum Gasteiger partial charge on any atom is -0.301 e. The molecule has 4 heteroatoms. The molecule has 100 valence electrons. The van der Waals surface area contributed by atoms with Gasteiger partial charge in [0.05, 0.1) is 0 Å². The standard InChI is InChI=1S/C15H18N2OS/c1-4-13-11(3)16-15(17-14(13)18)19-9-12-7-5-6-10(2)8-12/h5-8H,4,9H2,1-3H3,(H,16,17,18). The summed E-state index contributed by atoms with van der Waals surface area (Å²) in [5.41, 5.74) is 4.08. The molecule has 0 radical (unpaired) electrons. The van der Waals surface area contributed by atoms with E-state index in [1.54, 1.807) is 11.8 Å². The second kappa shape index (κ2) is 6.06. The molecule has 19 heavy (non-hydrogen) atoms. The minimum absolute atomic E-state index is 0.0123. The van der Waals surface area contributed by atoms with Gasteiger partial charge in [-0.2, -0.15) is 0 Å². The number of H-pyrrole nitrogens is 1. The van der Waals surface area contributed by atoms with Crippen LogP contribution in [0.4, 0.5) is 0 Å². The Labute approximate surface area is 117 Å². The Bertz CT molecular complexity index is 634. The maximum absolute atomic E-state index is 11.8. The van der Waals surface area contributed by atoms with Crippen molar-refractivity contribution in [3.63, 3.8) is 0 Å². The molecule has 0 saturated carbocycles. The highest BCUT2D eigenvalue weighted by Crippen LogP contribution is 2.19. The van der Waals surface area contributed by atoms with Crippen molar-refractivity contribution in [2.75, 3.05) is 0 Å². The largest absolute Gasteiger partial charge is 0.301 e.